The average molecular weight is 455 g/mol. The van der Waals surface area contributed by atoms with E-state index >= 15 is 0 Å². The first kappa shape index (κ1) is 21.2. The van der Waals surface area contributed by atoms with Gasteiger partial charge in [0.05, 0.1) is 11.7 Å². The van der Waals surface area contributed by atoms with Crippen LogP contribution in [-0.2, 0) is 6.54 Å². The smallest absolute Gasteiger partial charge is 0.174 e. The highest BCUT2D eigenvalue weighted by atomic mass is 32.1. The Morgan fingerprint density at radius 2 is 1.76 bits per heavy atom. The molecule has 1 aliphatic heterocycles. The highest BCUT2D eigenvalue weighted by Crippen LogP contribution is 2.42. The van der Waals surface area contributed by atoms with Crippen LogP contribution in [-0.4, -0.2) is 14.7 Å². The van der Waals surface area contributed by atoms with Crippen LogP contribution in [0.15, 0.2) is 91.3 Å². The zero-order chi connectivity index (χ0) is 22.8. The number of benzene rings is 2. The quantitative estimate of drug-likeness (QED) is 0.352. The standard InChI is InChI=1S/C27H26N4OS/c1-3-30-18-8-11-23(30)26-25(22-10-6-7-17-28-22)29-27(33)31(26)20-13-15-21(16-14-20)32-24-12-5-4-9-19(24)2/h4-18,25-26H,3H2,1-2H3,(H,29,33)/t25-,26-/m0/s1. The van der Waals surface area contributed by atoms with Gasteiger partial charge in [0.1, 0.15) is 17.5 Å². The highest BCUT2D eigenvalue weighted by Gasteiger charge is 2.41. The van der Waals surface area contributed by atoms with Gasteiger partial charge in [-0.05, 0) is 86.2 Å². The Hall–Kier alpha value is -3.64. The lowest BCUT2D eigenvalue weighted by Crippen LogP contribution is -2.30. The van der Waals surface area contributed by atoms with Gasteiger partial charge in [-0.1, -0.05) is 24.3 Å². The molecule has 4 aromatic rings. The molecule has 1 aliphatic rings. The van der Waals surface area contributed by atoms with Gasteiger partial charge in [-0.15, -0.1) is 0 Å². The van der Waals surface area contributed by atoms with E-state index in [0.29, 0.717) is 5.11 Å². The van der Waals surface area contributed by atoms with Crippen molar-refractivity contribution in [1.29, 1.82) is 0 Å². The predicted octanol–water partition coefficient (Wildman–Crippen LogP) is 6.18. The Bertz CT molecular complexity index is 1250. The summed E-state index contributed by atoms with van der Waals surface area (Å²) in [5.74, 6) is 1.65. The summed E-state index contributed by atoms with van der Waals surface area (Å²) >= 11 is 5.83. The number of rotatable bonds is 6. The van der Waals surface area contributed by atoms with Crippen molar-refractivity contribution >= 4 is 23.0 Å². The molecule has 0 saturated carbocycles. The third-order valence-electron chi connectivity index (χ3n) is 6.04. The van der Waals surface area contributed by atoms with Gasteiger partial charge in [0.25, 0.3) is 0 Å². The Labute approximate surface area is 199 Å². The Morgan fingerprint density at radius 3 is 2.48 bits per heavy atom. The van der Waals surface area contributed by atoms with E-state index in [9.17, 15) is 0 Å². The molecule has 0 spiro atoms. The second kappa shape index (κ2) is 9.08. The Morgan fingerprint density at radius 1 is 0.970 bits per heavy atom. The number of nitrogens with one attached hydrogen (secondary N) is 1. The maximum Gasteiger partial charge on any atom is 0.174 e. The number of pyridine rings is 1. The molecule has 1 N–H and O–H groups in total. The molecule has 166 valence electrons. The summed E-state index contributed by atoms with van der Waals surface area (Å²) in [5.41, 5.74) is 4.28. The predicted molar refractivity (Wildman–Crippen MR) is 136 cm³/mol. The van der Waals surface area contributed by atoms with E-state index in [0.717, 1.165) is 35.0 Å². The van der Waals surface area contributed by atoms with Crippen molar-refractivity contribution in [2.75, 3.05) is 4.90 Å². The highest BCUT2D eigenvalue weighted by molar-refractivity contribution is 7.80. The van der Waals surface area contributed by atoms with Crippen molar-refractivity contribution < 1.29 is 4.74 Å². The maximum absolute atomic E-state index is 6.10. The molecule has 3 heterocycles. The summed E-state index contributed by atoms with van der Waals surface area (Å²) in [6, 6.07) is 26.3. The van der Waals surface area contributed by atoms with Gasteiger partial charge in [0.2, 0.25) is 0 Å². The minimum atomic E-state index is -0.0539. The zero-order valence-electron chi connectivity index (χ0n) is 18.7. The molecule has 2 aromatic heterocycles. The van der Waals surface area contributed by atoms with Crippen LogP contribution in [0.4, 0.5) is 5.69 Å². The first-order valence-electron chi connectivity index (χ1n) is 11.1. The largest absolute Gasteiger partial charge is 0.457 e. The Kier molecular flexibility index (Phi) is 5.84. The van der Waals surface area contributed by atoms with E-state index in [1.165, 1.54) is 5.69 Å². The van der Waals surface area contributed by atoms with Gasteiger partial charge in [0, 0.05) is 30.3 Å². The molecular weight excluding hydrogens is 428 g/mol. The van der Waals surface area contributed by atoms with Crippen molar-refractivity contribution in [3.05, 3.63) is 108 Å². The lowest BCUT2D eigenvalue weighted by atomic mass is 10.0. The summed E-state index contributed by atoms with van der Waals surface area (Å²) in [6.45, 7) is 5.09. The number of aromatic nitrogens is 2. The average Bonchev–Trinajstić information content (AvgIpc) is 3.45. The summed E-state index contributed by atoms with van der Waals surface area (Å²) in [6.07, 6.45) is 3.94. The van der Waals surface area contributed by atoms with E-state index in [2.05, 4.69) is 63.2 Å². The zero-order valence-corrected chi connectivity index (χ0v) is 19.5. The number of anilines is 1. The third-order valence-corrected chi connectivity index (χ3v) is 6.36. The molecule has 0 amide bonds. The van der Waals surface area contributed by atoms with E-state index in [1.807, 2.05) is 61.7 Å². The van der Waals surface area contributed by atoms with E-state index in [-0.39, 0.29) is 12.1 Å². The first-order chi connectivity index (χ1) is 16.2. The van der Waals surface area contributed by atoms with Crippen LogP contribution in [0.25, 0.3) is 0 Å². The number of para-hydroxylation sites is 1. The summed E-state index contributed by atoms with van der Waals surface area (Å²) in [7, 11) is 0. The van der Waals surface area contributed by atoms with Crippen molar-refractivity contribution in [3.8, 4) is 11.5 Å². The molecule has 5 rings (SSSR count). The summed E-state index contributed by atoms with van der Waals surface area (Å²) < 4.78 is 8.36. The van der Waals surface area contributed by atoms with Crippen LogP contribution in [0.3, 0.4) is 0 Å². The van der Waals surface area contributed by atoms with E-state index in [4.69, 9.17) is 17.0 Å². The fraction of sp³-hybridized carbons (Fsp3) is 0.185. The molecule has 33 heavy (non-hydrogen) atoms. The summed E-state index contributed by atoms with van der Waals surface area (Å²) in [4.78, 5) is 6.82. The second-order valence-electron chi connectivity index (χ2n) is 8.08. The number of hydrogen-bond acceptors (Lipinski definition) is 3. The number of aryl methyl sites for hydroxylation is 2. The molecule has 2 aromatic carbocycles. The van der Waals surface area contributed by atoms with Gasteiger partial charge in [-0.25, -0.2) is 0 Å². The summed E-state index contributed by atoms with van der Waals surface area (Å²) in [5, 5.41) is 4.21. The normalized spacial score (nSPS) is 17.8. The third kappa shape index (κ3) is 4.10. The number of ether oxygens (including phenoxy) is 1. The molecule has 0 bridgehead atoms. The van der Waals surface area contributed by atoms with Crippen molar-refractivity contribution in [3.63, 3.8) is 0 Å². The lowest BCUT2D eigenvalue weighted by molar-refractivity contribution is 0.479. The minimum Gasteiger partial charge on any atom is -0.457 e. The molecule has 6 heteroatoms. The van der Waals surface area contributed by atoms with Gasteiger partial charge in [-0.3, -0.25) is 4.98 Å². The second-order valence-corrected chi connectivity index (χ2v) is 8.46. The fourth-order valence-electron chi connectivity index (χ4n) is 4.39. The maximum atomic E-state index is 6.10. The number of thiocarbonyl (C=S) groups is 1. The fourth-order valence-corrected chi connectivity index (χ4v) is 4.74. The molecule has 0 aliphatic carbocycles. The lowest BCUT2D eigenvalue weighted by Gasteiger charge is -2.29. The van der Waals surface area contributed by atoms with Crippen LogP contribution >= 0.6 is 12.2 Å². The molecule has 0 unspecified atom stereocenters. The topological polar surface area (TPSA) is 42.3 Å². The van der Waals surface area contributed by atoms with Crippen LogP contribution in [0.1, 0.15) is 36.0 Å². The van der Waals surface area contributed by atoms with Gasteiger partial charge in [-0.2, -0.15) is 0 Å². The van der Waals surface area contributed by atoms with Crippen LogP contribution < -0.4 is 15.0 Å². The van der Waals surface area contributed by atoms with Gasteiger partial charge in [0.15, 0.2) is 5.11 Å². The van der Waals surface area contributed by atoms with Crippen LogP contribution in [0, 0.1) is 6.92 Å². The van der Waals surface area contributed by atoms with Gasteiger partial charge < -0.3 is 19.5 Å². The first-order valence-corrected chi connectivity index (χ1v) is 11.6. The van der Waals surface area contributed by atoms with Crippen molar-refractivity contribution in [2.24, 2.45) is 0 Å². The van der Waals surface area contributed by atoms with E-state index < -0.39 is 0 Å². The Balaban J connectivity index is 1.50. The molecule has 1 fully saturated rings. The monoisotopic (exact) mass is 454 g/mol. The van der Waals surface area contributed by atoms with Crippen molar-refractivity contribution in [2.45, 2.75) is 32.5 Å². The van der Waals surface area contributed by atoms with E-state index in [1.54, 1.807) is 0 Å². The van der Waals surface area contributed by atoms with Gasteiger partial charge >= 0.3 is 0 Å². The molecular formula is C27H26N4OS. The van der Waals surface area contributed by atoms with Crippen molar-refractivity contribution in [1.82, 2.24) is 14.9 Å². The molecule has 0 radical (unpaired) electrons. The minimum absolute atomic E-state index is 0.0227. The number of hydrogen-bond donors (Lipinski definition) is 1. The SMILES string of the molecule is CCn1cccc1[C@H]1[C@H](c2ccccn2)NC(=S)N1c1ccc(Oc2ccccc2C)cc1. The molecule has 1 saturated heterocycles. The molecule has 2 atom stereocenters. The van der Waals surface area contributed by atoms with Crippen LogP contribution in [0.5, 0.6) is 11.5 Å². The van der Waals surface area contributed by atoms with Crippen LogP contribution in [0.2, 0.25) is 0 Å². The molecule has 5 nitrogen and oxygen atoms in total. The number of nitrogens with zero attached hydrogens (tertiary/aromatic N) is 3.